The highest BCUT2D eigenvalue weighted by atomic mass is 16.4. The quantitative estimate of drug-likeness (QED) is 0.823. The third kappa shape index (κ3) is 3.16. The maximum Gasteiger partial charge on any atom is 0.329 e. The lowest BCUT2D eigenvalue weighted by Crippen LogP contribution is -2.61. The number of likely N-dealkylation sites (tertiary alicyclic amines) is 1. The standard InChI is InChI=1S/C16H28N2O3/c1-11-7-6-8-13(12(11)2)17-15(21)18-10-5-4-9-16(18,3)14(19)20/h11-13H,4-10H2,1-3H3,(H,17,21)(H,19,20). The van der Waals surface area contributed by atoms with Crippen molar-refractivity contribution in [3.05, 3.63) is 0 Å². The van der Waals surface area contributed by atoms with E-state index in [-0.39, 0.29) is 12.1 Å². The minimum atomic E-state index is -1.06. The fourth-order valence-corrected chi connectivity index (χ4v) is 3.69. The van der Waals surface area contributed by atoms with Gasteiger partial charge in [-0.15, -0.1) is 0 Å². The van der Waals surface area contributed by atoms with E-state index in [9.17, 15) is 14.7 Å². The summed E-state index contributed by atoms with van der Waals surface area (Å²) in [5.74, 6) is 0.155. The molecular formula is C16H28N2O3. The maximum absolute atomic E-state index is 12.6. The first-order valence-corrected chi connectivity index (χ1v) is 8.18. The predicted molar refractivity (Wildman–Crippen MR) is 81.1 cm³/mol. The van der Waals surface area contributed by atoms with E-state index in [1.54, 1.807) is 6.92 Å². The average molecular weight is 296 g/mol. The van der Waals surface area contributed by atoms with Crippen LogP contribution in [0.2, 0.25) is 0 Å². The summed E-state index contributed by atoms with van der Waals surface area (Å²) in [5, 5.41) is 12.6. The fraction of sp³-hybridized carbons (Fsp3) is 0.875. The molecule has 21 heavy (non-hydrogen) atoms. The van der Waals surface area contributed by atoms with E-state index >= 15 is 0 Å². The van der Waals surface area contributed by atoms with Gasteiger partial charge in [-0.2, -0.15) is 0 Å². The smallest absolute Gasteiger partial charge is 0.329 e. The van der Waals surface area contributed by atoms with Crippen LogP contribution in [0.5, 0.6) is 0 Å². The van der Waals surface area contributed by atoms with Gasteiger partial charge in [-0.3, -0.25) is 0 Å². The average Bonchev–Trinajstić information content (AvgIpc) is 2.44. The monoisotopic (exact) mass is 296 g/mol. The summed E-state index contributed by atoms with van der Waals surface area (Å²) < 4.78 is 0. The molecule has 1 aliphatic carbocycles. The lowest BCUT2D eigenvalue weighted by atomic mass is 9.78. The van der Waals surface area contributed by atoms with Crippen LogP contribution in [0.3, 0.4) is 0 Å². The number of aliphatic carboxylic acids is 1. The molecule has 2 rings (SSSR count). The van der Waals surface area contributed by atoms with Gasteiger partial charge in [0, 0.05) is 12.6 Å². The summed E-state index contributed by atoms with van der Waals surface area (Å²) in [6, 6.07) is -0.0354. The topological polar surface area (TPSA) is 69.6 Å². The summed E-state index contributed by atoms with van der Waals surface area (Å²) in [4.78, 5) is 25.7. The molecule has 1 saturated heterocycles. The lowest BCUT2D eigenvalue weighted by Gasteiger charge is -2.43. The number of nitrogens with one attached hydrogen (secondary N) is 1. The van der Waals surface area contributed by atoms with Crippen molar-refractivity contribution in [2.75, 3.05) is 6.54 Å². The van der Waals surface area contributed by atoms with Crippen LogP contribution in [-0.4, -0.2) is 40.1 Å². The molecule has 1 heterocycles. The highest BCUT2D eigenvalue weighted by molar-refractivity contribution is 5.86. The Hall–Kier alpha value is -1.26. The number of hydrogen-bond acceptors (Lipinski definition) is 2. The van der Waals surface area contributed by atoms with E-state index in [0.717, 1.165) is 25.7 Å². The van der Waals surface area contributed by atoms with Gasteiger partial charge in [0.1, 0.15) is 5.54 Å². The van der Waals surface area contributed by atoms with Crippen molar-refractivity contribution >= 4 is 12.0 Å². The summed E-state index contributed by atoms with van der Waals surface area (Å²) in [6.07, 6.45) is 5.62. The van der Waals surface area contributed by atoms with Crippen molar-refractivity contribution in [2.45, 2.75) is 70.9 Å². The molecule has 0 aromatic rings. The van der Waals surface area contributed by atoms with Gasteiger partial charge in [0.2, 0.25) is 0 Å². The first-order valence-electron chi connectivity index (χ1n) is 8.18. The van der Waals surface area contributed by atoms with Crippen molar-refractivity contribution in [2.24, 2.45) is 11.8 Å². The van der Waals surface area contributed by atoms with Gasteiger partial charge in [-0.05, 0) is 44.4 Å². The third-order valence-electron chi connectivity index (χ3n) is 5.61. The zero-order valence-corrected chi connectivity index (χ0v) is 13.4. The number of nitrogens with zero attached hydrogens (tertiary/aromatic N) is 1. The largest absolute Gasteiger partial charge is 0.480 e. The molecule has 1 saturated carbocycles. The minimum absolute atomic E-state index is 0.168. The Bertz CT molecular complexity index is 412. The van der Waals surface area contributed by atoms with Gasteiger partial charge in [-0.1, -0.05) is 26.7 Å². The van der Waals surface area contributed by atoms with E-state index in [4.69, 9.17) is 0 Å². The van der Waals surface area contributed by atoms with Crippen molar-refractivity contribution < 1.29 is 14.7 Å². The first-order chi connectivity index (χ1) is 9.86. The molecule has 2 aliphatic rings. The van der Waals surface area contributed by atoms with Gasteiger partial charge < -0.3 is 15.3 Å². The number of carboxylic acids is 1. The van der Waals surface area contributed by atoms with Crippen LogP contribution in [0.4, 0.5) is 4.79 Å². The van der Waals surface area contributed by atoms with Gasteiger partial charge >= 0.3 is 12.0 Å². The summed E-state index contributed by atoms with van der Waals surface area (Å²) in [7, 11) is 0. The number of rotatable bonds is 2. The Morgan fingerprint density at radius 2 is 1.90 bits per heavy atom. The maximum atomic E-state index is 12.6. The first kappa shape index (κ1) is 16.1. The van der Waals surface area contributed by atoms with Crippen LogP contribution in [0.25, 0.3) is 0 Å². The zero-order chi connectivity index (χ0) is 15.6. The SMILES string of the molecule is CC1CCCC(NC(=O)N2CCCCC2(C)C(=O)O)C1C. The Balaban J connectivity index is 2.06. The predicted octanol–water partition coefficient (Wildman–Crippen LogP) is 2.85. The van der Waals surface area contributed by atoms with Gasteiger partial charge in [0.25, 0.3) is 0 Å². The van der Waals surface area contributed by atoms with Crippen molar-refractivity contribution in [3.63, 3.8) is 0 Å². The second kappa shape index (κ2) is 6.24. The number of piperidine rings is 1. The second-order valence-corrected chi connectivity index (χ2v) is 7.01. The van der Waals surface area contributed by atoms with E-state index < -0.39 is 11.5 Å². The second-order valence-electron chi connectivity index (χ2n) is 7.01. The van der Waals surface area contributed by atoms with Crippen LogP contribution in [0, 0.1) is 11.8 Å². The Labute approximate surface area is 127 Å². The van der Waals surface area contributed by atoms with E-state index in [1.807, 2.05) is 0 Å². The van der Waals surface area contributed by atoms with Gasteiger partial charge in [0.05, 0.1) is 0 Å². The number of hydrogen-bond donors (Lipinski definition) is 2. The summed E-state index contributed by atoms with van der Waals surface area (Å²) >= 11 is 0. The highest BCUT2D eigenvalue weighted by Crippen LogP contribution is 2.31. The highest BCUT2D eigenvalue weighted by Gasteiger charge is 2.44. The van der Waals surface area contributed by atoms with Crippen LogP contribution in [-0.2, 0) is 4.79 Å². The molecular weight excluding hydrogens is 268 g/mol. The summed E-state index contributed by atoms with van der Waals surface area (Å²) in [6.45, 7) is 6.61. The molecule has 2 N–H and O–H groups in total. The number of carbonyl (C=O) groups excluding carboxylic acids is 1. The van der Waals surface area contributed by atoms with Crippen LogP contribution in [0.1, 0.15) is 59.3 Å². The molecule has 0 spiro atoms. The fourth-order valence-electron chi connectivity index (χ4n) is 3.69. The Morgan fingerprint density at radius 3 is 2.57 bits per heavy atom. The minimum Gasteiger partial charge on any atom is -0.480 e. The Morgan fingerprint density at radius 1 is 1.19 bits per heavy atom. The number of carbonyl (C=O) groups is 2. The molecule has 0 aromatic carbocycles. The van der Waals surface area contributed by atoms with E-state index in [2.05, 4.69) is 19.2 Å². The lowest BCUT2D eigenvalue weighted by molar-refractivity contribution is -0.150. The molecule has 4 unspecified atom stereocenters. The van der Waals surface area contributed by atoms with E-state index in [0.29, 0.717) is 24.8 Å². The number of carboxylic acid groups (broad SMARTS) is 1. The molecule has 0 aromatic heterocycles. The molecule has 5 heteroatoms. The van der Waals surface area contributed by atoms with Crippen LogP contribution in [0.15, 0.2) is 0 Å². The molecule has 4 atom stereocenters. The van der Waals surface area contributed by atoms with Gasteiger partial charge in [-0.25, -0.2) is 9.59 Å². The van der Waals surface area contributed by atoms with E-state index in [1.165, 1.54) is 11.3 Å². The number of urea groups is 1. The van der Waals surface area contributed by atoms with Crippen molar-refractivity contribution in [1.29, 1.82) is 0 Å². The third-order valence-corrected chi connectivity index (χ3v) is 5.61. The van der Waals surface area contributed by atoms with Gasteiger partial charge in [0.15, 0.2) is 0 Å². The van der Waals surface area contributed by atoms with Crippen LogP contribution < -0.4 is 5.32 Å². The van der Waals surface area contributed by atoms with Crippen molar-refractivity contribution in [1.82, 2.24) is 10.2 Å². The molecule has 0 radical (unpaired) electrons. The molecule has 1 aliphatic heterocycles. The van der Waals surface area contributed by atoms with Crippen LogP contribution >= 0.6 is 0 Å². The van der Waals surface area contributed by atoms with Crippen molar-refractivity contribution in [3.8, 4) is 0 Å². The Kier molecular flexibility index (Phi) is 4.79. The zero-order valence-electron chi connectivity index (χ0n) is 13.4. The molecule has 0 bridgehead atoms. The molecule has 2 fully saturated rings. The normalized spacial score (nSPS) is 37.1. The molecule has 120 valence electrons. The molecule has 5 nitrogen and oxygen atoms in total. The summed E-state index contributed by atoms with van der Waals surface area (Å²) in [5.41, 5.74) is -1.06. The molecule has 2 amide bonds. The number of amides is 2.